The average Bonchev–Trinajstić information content (AvgIpc) is 3.16. The molecule has 0 fully saturated rings. The van der Waals surface area contributed by atoms with Crippen LogP contribution in [0.1, 0.15) is 12.5 Å². The van der Waals surface area contributed by atoms with Gasteiger partial charge in [0, 0.05) is 29.0 Å². The molecular weight excluding hydrogens is 414 g/mol. The number of fused-ring (bicyclic) bond motifs is 1. The fourth-order valence-corrected chi connectivity index (χ4v) is 3.88. The van der Waals surface area contributed by atoms with Crippen LogP contribution >= 0.6 is 22.9 Å². The molecule has 0 bridgehead atoms. The number of nitrogens with zero attached hydrogens (tertiary/aromatic N) is 2. The van der Waals surface area contributed by atoms with E-state index in [9.17, 15) is 9.59 Å². The van der Waals surface area contributed by atoms with Crippen molar-refractivity contribution in [2.24, 2.45) is 0 Å². The van der Waals surface area contributed by atoms with Gasteiger partial charge in [-0.05, 0) is 36.8 Å². The Bertz CT molecular complexity index is 1280. The fraction of sp³-hybridized carbons (Fsp3) is 0.100. The first-order valence-electron chi connectivity index (χ1n) is 8.53. The predicted octanol–water partition coefficient (Wildman–Crippen LogP) is 4.37. The van der Waals surface area contributed by atoms with Crippen LogP contribution in [0.15, 0.2) is 51.7 Å². The molecular formula is C20H14ClN3O4S. The number of carbonyl (C=O) groups excluding carboxylic acids is 1. The lowest BCUT2D eigenvalue weighted by atomic mass is 10.1. The Labute approximate surface area is 173 Å². The molecule has 4 aromatic rings. The van der Waals surface area contributed by atoms with Crippen molar-refractivity contribution in [1.82, 2.24) is 15.7 Å². The van der Waals surface area contributed by atoms with Gasteiger partial charge in [0.25, 0.3) is 0 Å². The van der Waals surface area contributed by atoms with Crippen molar-refractivity contribution < 1.29 is 14.0 Å². The van der Waals surface area contributed by atoms with Crippen molar-refractivity contribution in [1.29, 1.82) is 0 Å². The third kappa shape index (κ3) is 3.85. The van der Waals surface area contributed by atoms with Crippen molar-refractivity contribution in [3.63, 3.8) is 0 Å². The van der Waals surface area contributed by atoms with E-state index in [2.05, 4.69) is 15.7 Å². The monoisotopic (exact) mass is 427 g/mol. The molecule has 2 heterocycles. The molecule has 0 radical (unpaired) electrons. The molecule has 0 spiro atoms. The molecule has 0 saturated heterocycles. The summed E-state index contributed by atoms with van der Waals surface area (Å²) >= 11 is 7.23. The van der Waals surface area contributed by atoms with Crippen LogP contribution in [0.3, 0.4) is 0 Å². The normalized spacial score (nSPS) is 10.9. The summed E-state index contributed by atoms with van der Waals surface area (Å²) < 4.78 is 5.48. The van der Waals surface area contributed by atoms with E-state index >= 15 is 0 Å². The summed E-state index contributed by atoms with van der Waals surface area (Å²) in [6, 6.07) is 12.2. The quantitative estimate of drug-likeness (QED) is 0.384. The minimum atomic E-state index is -0.523. The number of hydroxylamine groups is 1. The first-order valence-corrected chi connectivity index (χ1v) is 9.72. The highest BCUT2D eigenvalue weighted by atomic mass is 35.5. The fourth-order valence-electron chi connectivity index (χ4n) is 2.81. The molecule has 2 aromatic heterocycles. The number of halogens is 1. The van der Waals surface area contributed by atoms with E-state index < -0.39 is 5.63 Å². The predicted molar refractivity (Wildman–Crippen MR) is 111 cm³/mol. The summed E-state index contributed by atoms with van der Waals surface area (Å²) in [5.41, 5.74) is 4.01. The Kier molecular flexibility index (Phi) is 5.04. The Morgan fingerprint density at radius 3 is 2.59 bits per heavy atom. The zero-order valence-corrected chi connectivity index (χ0v) is 16.9. The van der Waals surface area contributed by atoms with Crippen molar-refractivity contribution in [3.05, 3.63) is 63.5 Å². The van der Waals surface area contributed by atoms with E-state index in [0.717, 1.165) is 16.5 Å². The Balaban J connectivity index is 1.74. The number of rotatable bonds is 4. The van der Waals surface area contributed by atoms with Crippen molar-refractivity contribution >= 4 is 39.8 Å². The minimum Gasteiger partial charge on any atom is -0.422 e. The Hall–Kier alpha value is -3.23. The van der Waals surface area contributed by atoms with Gasteiger partial charge in [0.15, 0.2) is 10.8 Å². The second kappa shape index (κ2) is 7.65. The third-order valence-electron chi connectivity index (χ3n) is 4.18. The highest BCUT2D eigenvalue weighted by Gasteiger charge is 2.18. The van der Waals surface area contributed by atoms with Crippen LogP contribution in [0.5, 0.6) is 5.75 Å². The van der Waals surface area contributed by atoms with Crippen molar-refractivity contribution in [3.8, 4) is 26.9 Å². The number of aromatic nitrogens is 2. The van der Waals surface area contributed by atoms with E-state index in [4.69, 9.17) is 20.9 Å². The van der Waals surface area contributed by atoms with E-state index in [1.807, 2.05) is 19.1 Å². The maximum atomic E-state index is 12.7. The highest BCUT2D eigenvalue weighted by Crippen LogP contribution is 2.33. The lowest BCUT2D eigenvalue weighted by molar-refractivity contribution is -0.125. The standard InChI is InChI=1S/C20H14ClN3O4S/c1-10-15-8-7-14(28-24-11(2)25)9-16(15)27-20(26)17(10)19-23-22-18(29-19)12-3-5-13(21)6-4-12/h3-9H,1-2H3,(H,24,25). The van der Waals surface area contributed by atoms with Crippen LogP contribution in [0.25, 0.3) is 32.1 Å². The Morgan fingerprint density at radius 2 is 1.86 bits per heavy atom. The minimum absolute atomic E-state index is 0.342. The molecule has 29 heavy (non-hydrogen) atoms. The van der Waals surface area contributed by atoms with E-state index in [0.29, 0.717) is 31.9 Å². The SMILES string of the molecule is CC(=O)NOc1ccc2c(C)c(-c3nnc(-c4ccc(Cl)cc4)s3)c(=O)oc2c1. The van der Waals surface area contributed by atoms with Crippen LogP contribution < -0.4 is 15.9 Å². The molecule has 0 aliphatic carbocycles. The molecule has 0 saturated carbocycles. The molecule has 0 unspecified atom stereocenters. The summed E-state index contributed by atoms with van der Waals surface area (Å²) in [6.45, 7) is 3.16. The highest BCUT2D eigenvalue weighted by molar-refractivity contribution is 7.17. The summed E-state index contributed by atoms with van der Waals surface area (Å²) in [7, 11) is 0. The second-order valence-electron chi connectivity index (χ2n) is 6.23. The van der Waals surface area contributed by atoms with Gasteiger partial charge in [0.1, 0.15) is 16.2 Å². The molecule has 4 rings (SSSR count). The van der Waals surface area contributed by atoms with Gasteiger partial charge >= 0.3 is 5.63 Å². The van der Waals surface area contributed by atoms with Gasteiger partial charge in [-0.15, -0.1) is 10.2 Å². The molecule has 0 aliphatic heterocycles. The van der Waals surface area contributed by atoms with Crippen molar-refractivity contribution in [2.45, 2.75) is 13.8 Å². The van der Waals surface area contributed by atoms with Gasteiger partial charge in [-0.2, -0.15) is 5.48 Å². The number of benzene rings is 2. The number of hydrogen-bond acceptors (Lipinski definition) is 7. The molecule has 1 amide bonds. The number of carbonyl (C=O) groups is 1. The van der Waals surface area contributed by atoms with E-state index in [1.54, 1.807) is 30.3 Å². The number of hydrogen-bond donors (Lipinski definition) is 1. The third-order valence-corrected chi connectivity index (χ3v) is 5.42. The first-order chi connectivity index (χ1) is 13.9. The summed E-state index contributed by atoms with van der Waals surface area (Å²) in [4.78, 5) is 28.8. The van der Waals surface area contributed by atoms with Crippen molar-refractivity contribution in [2.75, 3.05) is 0 Å². The molecule has 9 heteroatoms. The smallest absolute Gasteiger partial charge is 0.346 e. The second-order valence-corrected chi connectivity index (χ2v) is 7.64. The van der Waals surface area contributed by atoms with Gasteiger partial charge in [-0.1, -0.05) is 35.1 Å². The van der Waals surface area contributed by atoms with Gasteiger partial charge in [0.2, 0.25) is 5.91 Å². The van der Waals surface area contributed by atoms with E-state index in [-0.39, 0.29) is 5.91 Å². The van der Waals surface area contributed by atoms with Crippen LogP contribution in [0.2, 0.25) is 5.02 Å². The molecule has 2 aromatic carbocycles. The summed E-state index contributed by atoms with van der Waals surface area (Å²) in [5.74, 6) is 0.00905. The molecule has 0 atom stereocenters. The van der Waals surface area contributed by atoms with Crippen LogP contribution in [-0.2, 0) is 4.79 Å². The Morgan fingerprint density at radius 1 is 1.14 bits per heavy atom. The number of nitrogens with one attached hydrogen (secondary N) is 1. The molecule has 7 nitrogen and oxygen atoms in total. The van der Waals surface area contributed by atoms with Gasteiger partial charge in [0.05, 0.1) is 0 Å². The van der Waals surface area contributed by atoms with Gasteiger partial charge in [-0.25, -0.2) is 4.79 Å². The zero-order valence-electron chi connectivity index (χ0n) is 15.4. The number of aryl methyl sites for hydroxylation is 1. The maximum absolute atomic E-state index is 12.7. The van der Waals surface area contributed by atoms with E-state index in [1.165, 1.54) is 18.3 Å². The lowest BCUT2D eigenvalue weighted by Crippen LogP contribution is -2.23. The first kappa shape index (κ1) is 19.1. The van der Waals surface area contributed by atoms with Crippen LogP contribution in [-0.4, -0.2) is 16.1 Å². The largest absolute Gasteiger partial charge is 0.422 e. The molecule has 0 aliphatic rings. The lowest BCUT2D eigenvalue weighted by Gasteiger charge is -2.08. The number of amides is 1. The molecule has 1 N–H and O–H groups in total. The topological polar surface area (TPSA) is 94.3 Å². The zero-order chi connectivity index (χ0) is 20.5. The maximum Gasteiger partial charge on any atom is 0.346 e. The van der Waals surface area contributed by atoms with Crippen LogP contribution in [0.4, 0.5) is 0 Å². The average molecular weight is 428 g/mol. The summed E-state index contributed by atoms with van der Waals surface area (Å²) in [6.07, 6.45) is 0. The summed E-state index contributed by atoms with van der Waals surface area (Å²) in [5, 5.41) is 10.9. The van der Waals surface area contributed by atoms with Gasteiger partial charge < -0.3 is 9.25 Å². The van der Waals surface area contributed by atoms with Gasteiger partial charge in [-0.3, -0.25) is 4.79 Å². The van der Waals surface area contributed by atoms with Crippen LogP contribution in [0, 0.1) is 6.92 Å². The molecule has 146 valence electrons.